The van der Waals surface area contributed by atoms with Gasteiger partial charge in [0.15, 0.2) is 0 Å². The number of anilines is 1. The first-order valence-electron chi connectivity index (χ1n) is 7.21. The Hall–Kier alpha value is -2.09. The Morgan fingerprint density at radius 3 is 2.86 bits per heavy atom. The maximum absolute atomic E-state index is 11.4. The van der Waals surface area contributed by atoms with E-state index in [1.54, 1.807) is 18.3 Å². The third-order valence-electron chi connectivity index (χ3n) is 4.96. The van der Waals surface area contributed by atoms with Crippen LogP contribution in [0.5, 0.6) is 0 Å². The van der Waals surface area contributed by atoms with Gasteiger partial charge < -0.3 is 10.4 Å². The summed E-state index contributed by atoms with van der Waals surface area (Å²) in [5.41, 5.74) is 0.285. The van der Waals surface area contributed by atoms with Crippen LogP contribution in [-0.2, 0) is 4.79 Å². The second kappa shape index (κ2) is 5.72. The molecule has 0 bridgehead atoms. The van der Waals surface area contributed by atoms with Gasteiger partial charge in [-0.25, -0.2) is 4.98 Å². The third-order valence-corrected chi connectivity index (χ3v) is 4.96. The molecule has 0 radical (unpaired) electrons. The van der Waals surface area contributed by atoms with Crippen molar-refractivity contribution in [2.45, 2.75) is 39.7 Å². The summed E-state index contributed by atoms with van der Waals surface area (Å²) in [5, 5.41) is 21.7. The summed E-state index contributed by atoms with van der Waals surface area (Å²) < 4.78 is 0. The van der Waals surface area contributed by atoms with Crippen LogP contribution in [0.15, 0.2) is 18.3 Å². The summed E-state index contributed by atoms with van der Waals surface area (Å²) in [5.74, 6) is -0.158. The molecule has 3 atom stereocenters. The number of aliphatic carboxylic acids is 1. The fourth-order valence-corrected chi connectivity index (χ4v) is 3.21. The Morgan fingerprint density at radius 2 is 2.24 bits per heavy atom. The summed E-state index contributed by atoms with van der Waals surface area (Å²) in [7, 11) is 0. The van der Waals surface area contributed by atoms with Crippen molar-refractivity contribution in [3.05, 3.63) is 23.9 Å². The van der Waals surface area contributed by atoms with Gasteiger partial charge in [-0.2, -0.15) is 5.26 Å². The molecule has 1 fully saturated rings. The van der Waals surface area contributed by atoms with Crippen molar-refractivity contribution in [1.82, 2.24) is 4.98 Å². The van der Waals surface area contributed by atoms with Crippen molar-refractivity contribution in [3.8, 4) is 6.07 Å². The number of carbonyl (C=O) groups is 1. The summed E-state index contributed by atoms with van der Waals surface area (Å²) >= 11 is 0. The van der Waals surface area contributed by atoms with Gasteiger partial charge in [0.25, 0.3) is 0 Å². The maximum atomic E-state index is 11.4. The normalized spacial score (nSPS) is 27.6. The van der Waals surface area contributed by atoms with Gasteiger partial charge in [0.05, 0.1) is 17.6 Å². The molecule has 5 heteroatoms. The lowest BCUT2D eigenvalue weighted by atomic mass is 9.61. The monoisotopic (exact) mass is 287 g/mol. The number of carboxylic acids is 1. The summed E-state index contributed by atoms with van der Waals surface area (Å²) in [6.45, 7) is 6.12. The van der Waals surface area contributed by atoms with E-state index in [4.69, 9.17) is 5.26 Å². The fraction of sp³-hybridized carbons (Fsp3) is 0.562. The molecule has 1 saturated carbocycles. The van der Waals surface area contributed by atoms with Crippen molar-refractivity contribution in [2.24, 2.45) is 17.3 Å². The lowest BCUT2D eigenvalue weighted by Crippen LogP contribution is -2.48. The van der Waals surface area contributed by atoms with E-state index in [0.29, 0.717) is 17.8 Å². The zero-order chi connectivity index (χ0) is 15.6. The summed E-state index contributed by atoms with van der Waals surface area (Å²) in [6.07, 6.45) is 3.06. The number of nitrogens with zero attached hydrogens (tertiary/aromatic N) is 2. The van der Waals surface area contributed by atoms with Crippen LogP contribution in [0.4, 0.5) is 5.82 Å². The molecule has 0 saturated heterocycles. The molecule has 1 aromatic heterocycles. The molecule has 112 valence electrons. The van der Waals surface area contributed by atoms with Crippen molar-refractivity contribution in [2.75, 3.05) is 5.32 Å². The van der Waals surface area contributed by atoms with E-state index in [1.165, 1.54) is 0 Å². The predicted molar refractivity (Wildman–Crippen MR) is 79.7 cm³/mol. The molecule has 1 aliphatic carbocycles. The number of carboxylic acid groups (broad SMARTS) is 1. The van der Waals surface area contributed by atoms with Crippen LogP contribution in [0.2, 0.25) is 0 Å². The van der Waals surface area contributed by atoms with E-state index in [0.717, 1.165) is 6.42 Å². The van der Waals surface area contributed by atoms with Gasteiger partial charge in [0.2, 0.25) is 0 Å². The smallest absolute Gasteiger partial charge is 0.307 e. The second-order valence-electron chi connectivity index (χ2n) is 6.37. The first-order valence-corrected chi connectivity index (χ1v) is 7.21. The third kappa shape index (κ3) is 2.99. The fourth-order valence-electron chi connectivity index (χ4n) is 3.21. The van der Waals surface area contributed by atoms with Crippen LogP contribution in [-0.4, -0.2) is 22.1 Å². The Balaban J connectivity index is 2.15. The highest BCUT2D eigenvalue weighted by Gasteiger charge is 2.46. The SMILES string of the molecule is CC1C(Nc2cc(C#N)ccn2)CCC(C(=O)O)C1(C)C. The van der Waals surface area contributed by atoms with Crippen LogP contribution < -0.4 is 5.32 Å². The first kappa shape index (κ1) is 15.3. The molecule has 0 aromatic carbocycles. The number of hydrogen-bond acceptors (Lipinski definition) is 4. The predicted octanol–water partition coefficient (Wildman–Crippen LogP) is 2.89. The highest BCUT2D eigenvalue weighted by atomic mass is 16.4. The van der Waals surface area contributed by atoms with Crippen molar-refractivity contribution in [1.29, 1.82) is 5.26 Å². The minimum atomic E-state index is -0.713. The molecule has 0 amide bonds. The molecular weight excluding hydrogens is 266 g/mol. The molecule has 3 unspecified atom stereocenters. The second-order valence-corrected chi connectivity index (χ2v) is 6.37. The standard InChI is InChI=1S/C16H21N3O2/c1-10-13(5-4-12(15(20)21)16(10,2)3)19-14-8-11(9-17)6-7-18-14/h6-8,10,12-13H,4-5H2,1-3H3,(H,18,19)(H,20,21). The molecule has 2 N–H and O–H groups in total. The van der Waals surface area contributed by atoms with E-state index in [2.05, 4.69) is 23.3 Å². The van der Waals surface area contributed by atoms with Gasteiger partial charge in [-0.05, 0) is 36.3 Å². The van der Waals surface area contributed by atoms with Crippen molar-refractivity contribution < 1.29 is 9.90 Å². The number of aromatic nitrogens is 1. The van der Waals surface area contributed by atoms with Crippen molar-refractivity contribution in [3.63, 3.8) is 0 Å². The Kier molecular flexibility index (Phi) is 4.17. The van der Waals surface area contributed by atoms with Crippen LogP contribution in [0.25, 0.3) is 0 Å². The van der Waals surface area contributed by atoms with Gasteiger partial charge in [-0.15, -0.1) is 0 Å². The van der Waals surface area contributed by atoms with Gasteiger partial charge >= 0.3 is 5.97 Å². The van der Waals surface area contributed by atoms with Crippen LogP contribution >= 0.6 is 0 Å². The molecule has 1 aliphatic rings. The lowest BCUT2D eigenvalue weighted by molar-refractivity contribution is -0.149. The molecular formula is C16H21N3O2. The zero-order valence-corrected chi connectivity index (χ0v) is 12.6. The van der Waals surface area contributed by atoms with Gasteiger partial charge in [-0.1, -0.05) is 20.8 Å². The summed E-state index contributed by atoms with van der Waals surface area (Å²) in [4.78, 5) is 15.6. The van der Waals surface area contributed by atoms with E-state index < -0.39 is 5.97 Å². The van der Waals surface area contributed by atoms with Crippen molar-refractivity contribution >= 4 is 11.8 Å². The minimum Gasteiger partial charge on any atom is -0.481 e. The highest BCUT2D eigenvalue weighted by Crippen LogP contribution is 2.45. The van der Waals surface area contributed by atoms with Crippen LogP contribution in [0.1, 0.15) is 39.2 Å². The molecule has 0 spiro atoms. The molecule has 0 aliphatic heterocycles. The average molecular weight is 287 g/mol. The molecule has 5 nitrogen and oxygen atoms in total. The number of pyridine rings is 1. The quantitative estimate of drug-likeness (QED) is 0.892. The topological polar surface area (TPSA) is 86.0 Å². The van der Waals surface area contributed by atoms with Crippen LogP contribution in [0.3, 0.4) is 0 Å². The van der Waals surface area contributed by atoms with Gasteiger partial charge in [-0.3, -0.25) is 4.79 Å². The number of nitrogens with one attached hydrogen (secondary N) is 1. The molecule has 21 heavy (non-hydrogen) atoms. The first-order chi connectivity index (χ1) is 9.86. The number of hydrogen-bond donors (Lipinski definition) is 2. The van der Waals surface area contributed by atoms with E-state index >= 15 is 0 Å². The van der Waals surface area contributed by atoms with E-state index in [1.807, 2.05) is 13.8 Å². The Morgan fingerprint density at radius 1 is 1.52 bits per heavy atom. The zero-order valence-electron chi connectivity index (χ0n) is 12.6. The number of nitriles is 1. The molecule has 2 rings (SSSR count). The molecule has 1 heterocycles. The van der Waals surface area contributed by atoms with Gasteiger partial charge in [0.1, 0.15) is 5.82 Å². The van der Waals surface area contributed by atoms with Crippen LogP contribution in [0, 0.1) is 28.6 Å². The minimum absolute atomic E-state index is 0.164. The Labute approximate surface area is 125 Å². The Bertz CT molecular complexity index is 577. The highest BCUT2D eigenvalue weighted by molar-refractivity contribution is 5.71. The molecule has 1 aromatic rings. The van der Waals surface area contributed by atoms with E-state index in [9.17, 15) is 9.90 Å². The number of rotatable bonds is 3. The van der Waals surface area contributed by atoms with Gasteiger partial charge in [0, 0.05) is 12.2 Å². The average Bonchev–Trinajstić information content (AvgIpc) is 2.44. The lowest BCUT2D eigenvalue weighted by Gasteiger charge is -2.46. The maximum Gasteiger partial charge on any atom is 0.307 e. The largest absolute Gasteiger partial charge is 0.481 e. The van der Waals surface area contributed by atoms with E-state index in [-0.39, 0.29) is 23.3 Å². The summed E-state index contributed by atoms with van der Waals surface area (Å²) in [6, 6.07) is 5.65.